The Morgan fingerprint density at radius 1 is 1.35 bits per heavy atom. The fourth-order valence-corrected chi connectivity index (χ4v) is 2.33. The topological polar surface area (TPSA) is 46.9 Å². The second-order valence-electron chi connectivity index (χ2n) is 4.43. The van der Waals surface area contributed by atoms with Gasteiger partial charge in [-0.3, -0.25) is 9.48 Å². The first-order chi connectivity index (χ1) is 9.58. The van der Waals surface area contributed by atoms with Gasteiger partial charge in [0.15, 0.2) is 0 Å². The number of halogens is 2. The second kappa shape index (κ2) is 6.77. The van der Waals surface area contributed by atoms with Crippen molar-refractivity contribution in [2.75, 3.05) is 6.54 Å². The molecule has 1 aromatic heterocycles. The molecule has 106 valence electrons. The van der Waals surface area contributed by atoms with Crippen molar-refractivity contribution in [3.05, 3.63) is 51.8 Å². The highest BCUT2D eigenvalue weighted by Gasteiger charge is 2.09. The molecule has 1 aromatic carbocycles. The highest BCUT2D eigenvalue weighted by molar-refractivity contribution is 6.36. The number of aromatic nitrogens is 2. The summed E-state index contributed by atoms with van der Waals surface area (Å²) in [5, 5.41) is 7.89. The number of aryl methyl sites for hydroxylation is 2. The highest BCUT2D eigenvalue weighted by Crippen LogP contribution is 2.20. The lowest BCUT2D eigenvalue weighted by atomic mass is 10.2. The predicted octanol–water partition coefficient (Wildman–Crippen LogP) is 3.32. The van der Waals surface area contributed by atoms with Crippen molar-refractivity contribution in [3.63, 3.8) is 0 Å². The van der Waals surface area contributed by atoms with Gasteiger partial charge in [0.1, 0.15) is 0 Å². The Morgan fingerprint density at radius 2 is 2.15 bits per heavy atom. The Morgan fingerprint density at radius 3 is 2.80 bits per heavy atom. The first kappa shape index (κ1) is 14.9. The van der Waals surface area contributed by atoms with E-state index in [1.54, 1.807) is 24.4 Å². The van der Waals surface area contributed by atoms with Crippen LogP contribution < -0.4 is 5.32 Å². The molecule has 1 heterocycles. The lowest BCUT2D eigenvalue weighted by Crippen LogP contribution is -2.25. The smallest absolute Gasteiger partial charge is 0.252 e. The standard InChI is InChI=1S/C14H15Cl2N3O/c1-10-5-7-18-19(10)8-2-6-17-14(20)12-4-3-11(15)9-13(12)16/h3-5,7,9H,2,6,8H2,1H3,(H,17,20). The molecule has 1 N–H and O–H groups in total. The van der Waals surface area contributed by atoms with Crippen LogP contribution in [-0.2, 0) is 6.54 Å². The Labute approximate surface area is 127 Å². The highest BCUT2D eigenvalue weighted by atomic mass is 35.5. The number of carbonyl (C=O) groups is 1. The maximum atomic E-state index is 11.9. The molecule has 1 amide bonds. The molecule has 2 aromatic rings. The molecule has 0 spiro atoms. The van der Waals surface area contributed by atoms with Crippen LogP contribution >= 0.6 is 23.2 Å². The zero-order valence-corrected chi connectivity index (χ0v) is 12.6. The van der Waals surface area contributed by atoms with Gasteiger partial charge in [0, 0.05) is 30.0 Å². The summed E-state index contributed by atoms with van der Waals surface area (Å²) in [6.07, 6.45) is 2.57. The predicted molar refractivity (Wildman–Crippen MR) is 80.4 cm³/mol. The molecule has 0 aliphatic carbocycles. The first-order valence-corrected chi connectivity index (χ1v) is 7.05. The van der Waals surface area contributed by atoms with Crippen molar-refractivity contribution in [2.24, 2.45) is 0 Å². The van der Waals surface area contributed by atoms with Crippen molar-refractivity contribution >= 4 is 29.1 Å². The molecule has 20 heavy (non-hydrogen) atoms. The first-order valence-electron chi connectivity index (χ1n) is 6.29. The summed E-state index contributed by atoms with van der Waals surface area (Å²) in [4.78, 5) is 11.9. The Balaban J connectivity index is 1.82. The van der Waals surface area contributed by atoms with Gasteiger partial charge in [-0.2, -0.15) is 5.10 Å². The summed E-state index contributed by atoms with van der Waals surface area (Å²) in [7, 11) is 0. The number of hydrogen-bond acceptors (Lipinski definition) is 2. The molecule has 0 aliphatic rings. The van der Waals surface area contributed by atoms with Gasteiger partial charge in [-0.1, -0.05) is 23.2 Å². The molecular weight excluding hydrogens is 297 g/mol. The average Bonchev–Trinajstić information content (AvgIpc) is 2.80. The van der Waals surface area contributed by atoms with Gasteiger partial charge in [0.2, 0.25) is 0 Å². The van der Waals surface area contributed by atoms with Crippen LogP contribution in [-0.4, -0.2) is 22.2 Å². The van der Waals surface area contributed by atoms with Crippen LogP contribution in [0.3, 0.4) is 0 Å². The van der Waals surface area contributed by atoms with Crippen molar-refractivity contribution < 1.29 is 4.79 Å². The van der Waals surface area contributed by atoms with Gasteiger partial charge >= 0.3 is 0 Å². The fourth-order valence-electron chi connectivity index (χ4n) is 1.83. The van der Waals surface area contributed by atoms with E-state index in [2.05, 4.69) is 10.4 Å². The largest absolute Gasteiger partial charge is 0.352 e. The quantitative estimate of drug-likeness (QED) is 0.861. The van der Waals surface area contributed by atoms with Crippen LogP contribution in [0.5, 0.6) is 0 Å². The van der Waals surface area contributed by atoms with Crippen LogP contribution in [0.1, 0.15) is 22.5 Å². The number of rotatable bonds is 5. The van der Waals surface area contributed by atoms with Gasteiger partial charge in [-0.15, -0.1) is 0 Å². The van der Waals surface area contributed by atoms with Gasteiger partial charge in [0.05, 0.1) is 10.6 Å². The van der Waals surface area contributed by atoms with Gasteiger partial charge in [-0.25, -0.2) is 0 Å². The van der Waals surface area contributed by atoms with Crippen molar-refractivity contribution in [3.8, 4) is 0 Å². The van der Waals surface area contributed by atoms with E-state index in [-0.39, 0.29) is 5.91 Å². The third-order valence-corrected chi connectivity index (χ3v) is 3.48. The summed E-state index contributed by atoms with van der Waals surface area (Å²) in [6.45, 7) is 3.34. The summed E-state index contributed by atoms with van der Waals surface area (Å²) >= 11 is 11.8. The Bertz CT molecular complexity index is 610. The monoisotopic (exact) mass is 311 g/mol. The lowest BCUT2D eigenvalue weighted by molar-refractivity contribution is 0.0953. The van der Waals surface area contributed by atoms with Crippen molar-refractivity contribution in [1.82, 2.24) is 15.1 Å². The van der Waals surface area contributed by atoms with Gasteiger partial charge in [0.25, 0.3) is 5.91 Å². The lowest BCUT2D eigenvalue weighted by Gasteiger charge is -2.08. The maximum absolute atomic E-state index is 11.9. The number of amides is 1. The third kappa shape index (κ3) is 3.74. The molecular formula is C14H15Cl2N3O. The number of nitrogens with one attached hydrogen (secondary N) is 1. The molecule has 0 bridgehead atoms. The van der Waals surface area contributed by atoms with Gasteiger partial charge in [-0.05, 0) is 37.6 Å². The van der Waals surface area contributed by atoms with Crippen LogP contribution in [0.25, 0.3) is 0 Å². The number of carbonyl (C=O) groups excluding carboxylic acids is 1. The molecule has 2 rings (SSSR count). The molecule has 0 aliphatic heterocycles. The average molecular weight is 312 g/mol. The van der Waals surface area contributed by atoms with Crippen LogP contribution in [0.4, 0.5) is 0 Å². The SMILES string of the molecule is Cc1ccnn1CCCNC(=O)c1ccc(Cl)cc1Cl. The minimum Gasteiger partial charge on any atom is -0.352 e. The summed E-state index contributed by atoms with van der Waals surface area (Å²) in [5.41, 5.74) is 1.54. The molecule has 6 heteroatoms. The minimum atomic E-state index is -0.191. The minimum absolute atomic E-state index is 0.191. The van der Waals surface area contributed by atoms with Crippen molar-refractivity contribution in [2.45, 2.75) is 19.9 Å². The van der Waals surface area contributed by atoms with E-state index < -0.39 is 0 Å². The van der Waals surface area contributed by atoms with E-state index in [1.807, 2.05) is 17.7 Å². The molecule has 0 radical (unpaired) electrons. The van der Waals surface area contributed by atoms with Gasteiger partial charge < -0.3 is 5.32 Å². The fraction of sp³-hybridized carbons (Fsp3) is 0.286. The Kier molecular flexibility index (Phi) is 5.04. The van der Waals surface area contributed by atoms with Crippen LogP contribution in [0.2, 0.25) is 10.0 Å². The third-order valence-electron chi connectivity index (χ3n) is 2.94. The zero-order valence-electron chi connectivity index (χ0n) is 11.1. The summed E-state index contributed by atoms with van der Waals surface area (Å²) < 4.78 is 1.90. The Hall–Kier alpha value is -1.52. The van der Waals surface area contributed by atoms with E-state index in [1.165, 1.54) is 0 Å². The molecule has 0 fully saturated rings. The summed E-state index contributed by atoms with van der Waals surface area (Å²) in [5.74, 6) is -0.191. The second-order valence-corrected chi connectivity index (χ2v) is 5.27. The maximum Gasteiger partial charge on any atom is 0.252 e. The molecule has 0 unspecified atom stereocenters. The number of hydrogen-bond donors (Lipinski definition) is 1. The van der Waals surface area contributed by atoms with Crippen LogP contribution in [0, 0.1) is 6.92 Å². The zero-order chi connectivity index (χ0) is 14.5. The van der Waals surface area contributed by atoms with Crippen LogP contribution in [0.15, 0.2) is 30.5 Å². The number of benzene rings is 1. The normalized spacial score (nSPS) is 10.6. The molecule has 0 saturated carbocycles. The van der Waals surface area contributed by atoms with E-state index in [0.29, 0.717) is 22.2 Å². The summed E-state index contributed by atoms with van der Waals surface area (Å²) in [6, 6.07) is 6.78. The van der Waals surface area contributed by atoms with E-state index in [0.717, 1.165) is 18.7 Å². The molecule has 0 saturated heterocycles. The molecule has 4 nitrogen and oxygen atoms in total. The van der Waals surface area contributed by atoms with E-state index in [9.17, 15) is 4.79 Å². The number of nitrogens with zero attached hydrogens (tertiary/aromatic N) is 2. The van der Waals surface area contributed by atoms with Crippen molar-refractivity contribution in [1.29, 1.82) is 0 Å². The van der Waals surface area contributed by atoms with E-state index in [4.69, 9.17) is 23.2 Å². The van der Waals surface area contributed by atoms with E-state index >= 15 is 0 Å². The molecule has 0 atom stereocenters.